The number of methoxy groups -OCH3 is 1. The molecule has 0 saturated carbocycles. The normalized spacial score (nSPS) is 10.4. The van der Waals surface area contributed by atoms with Gasteiger partial charge in [0.1, 0.15) is 17.4 Å². The zero-order chi connectivity index (χ0) is 18.4. The lowest BCUT2D eigenvalue weighted by molar-refractivity contribution is -0.115. The number of thiazole rings is 1. The highest BCUT2D eigenvalue weighted by molar-refractivity contribution is 7.09. The average Bonchev–Trinajstić information content (AvgIpc) is 3.09. The van der Waals surface area contributed by atoms with E-state index < -0.39 is 0 Å². The molecule has 2 aromatic heterocycles. The van der Waals surface area contributed by atoms with E-state index in [9.17, 15) is 4.79 Å². The third kappa shape index (κ3) is 5.18. The van der Waals surface area contributed by atoms with Gasteiger partial charge in [-0.15, -0.1) is 11.3 Å². The van der Waals surface area contributed by atoms with Crippen molar-refractivity contribution in [3.8, 4) is 11.6 Å². The van der Waals surface area contributed by atoms with Crippen molar-refractivity contribution in [2.75, 3.05) is 12.4 Å². The molecule has 0 bridgehead atoms. The van der Waals surface area contributed by atoms with Gasteiger partial charge in [-0.05, 0) is 30.3 Å². The van der Waals surface area contributed by atoms with Gasteiger partial charge in [0.25, 0.3) is 0 Å². The quantitative estimate of drug-likeness (QED) is 0.662. The molecule has 6 nitrogen and oxygen atoms in total. The van der Waals surface area contributed by atoms with Crippen molar-refractivity contribution < 1.29 is 14.3 Å². The number of carbonyl (C=O) groups excluding carboxylic acids is 1. The van der Waals surface area contributed by atoms with Gasteiger partial charge in [0, 0.05) is 16.5 Å². The number of ether oxygens (including phenoxy) is 2. The lowest BCUT2D eigenvalue weighted by Gasteiger charge is -2.05. The van der Waals surface area contributed by atoms with E-state index in [0.717, 1.165) is 10.8 Å². The largest absolute Gasteiger partial charge is 0.486 e. The van der Waals surface area contributed by atoms with Gasteiger partial charge >= 0.3 is 0 Å². The van der Waals surface area contributed by atoms with Gasteiger partial charge in [-0.3, -0.25) is 4.79 Å². The van der Waals surface area contributed by atoms with Crippen LogP contribution in [-0.4, -0.2) is 23.0 Å². The van der Waals surface area contributed by atoms with Crippen LogP contribution < -0.4 is 14.8 Å². The number of anilines is 1. The molecule has 2 heterocycles. The Morgan fingerprint density at radius 2 is 2.04 bits per heavy atom. The second-order valence-electron chi connectivity index (χ2n) is 5.29. The van der Waals surface area contributed by atoms with Crippen LogP contribution in [0.3, 0.4) is 0 Å². The van der Waals surface area contributed by atoms with Crippen molar-refractivity contribution in [2.45, 2.75) is 13.0 Å². The molecule has 0 aliphatic heterocycles. The molecule has 0 aliphatic rings. The van der Waals surface area contributed by atoms with Gasteiger partial charge in [-0.25, -0.2) is 9.97 Å². The molecular formula is C18H16ClN3O3S. The Labute approximate surface area is 159 Å². The molecule has 1 amide bonds. The molecule has 1 aromatic carbocycles. The number of amides is 1. The second-order valence-corrected chi connectivity index (χ2v) is 6.67. The third-order valence-electron chi connectivity index (χ3n) is 3.35. The maximum Gasteiger partial charge on any atom is 0.230 e. The highest BCUT2D eigenvalue weighted by Crippen LogP contribution is 2.18. The molecule has 0 spiro atoms. The molecule has 0 aliphatic carbocycles. The van der Waals surface area contributed by atoms with E-state index >= 15 is 0 Å². The van der Waals surface area contributed by atoms with Crippen molar-refractivity contribution in [3.05, 3.63) is 63.7 Å². The number of nitrogens with one attached hydrogen (secondary N) is 1. The predicted molar refractivity (Wildman–Crippen MR) is 101 cm³/mol. The lowest BCUT2D eigenvalue weighted by Crippen LogP contribution is -2.14. The first-order valence-electron chi connectivity index (χ1n) is 7.74. The maximum absolute atomic E-state index is 12.1. The fraction of sp³-hybridized carbons (Fsp3) is 0.167. The van der Waals surface area contributed by atoms with Crippen LogP contribution in [0.2, 0.25) is 5.02 Å². The topological polar surface area (TPSA) is 73.3 Å². The van der Waals surface area contributed by atoms with Gasteiger partial charge in [0.05, 0.1) is 31.1 Å². The van der Waals surface area contributed by atoms with Gasteiger partial charge in [-0.1, -0.05) is 11.6 Å². The van der Waals surface area contributed by atoms with Crippen molar-refractivity contribution in [3.63, 3.8) is 0 Å². The second kappa shape index (κ2) is 8.64. The van der Waals surface area contributed by atoms with Crippen molar-refractivity contribution in [1.29, 1.82) is 0 Å². The van der Waals surface area contributed by atoms with Crippen LogP contribution in [0, 0.1) is 0 Å². The van der Waals surface area contributed by atoms with E-state index in [1.54, 1.807) is 42.6 Å². The van der Waals surface area contributed by atoms with Crippen LogP contribution in [0.25, 0.3) is 0 Å². The summed E-state index contributed by atoms with van der Waals surface area (Å²) in [6.07, 6.45) is 1.73. The standard InChI is InChI=1S/C18H16ClN3O3S/c1-24-17-7-4-13(9-20-17)21-16(23)8-14-11-26-18(22-14)10-25-15-5-2-12(19)3-6-15/h2-7,9,11H,8,10H2,1H3,(H,21,23). The van der Waals surface area contributed by atoms with Crippen molar-refractivity contribution >= 4 is 34.5 Å². The highest BCUT2D eigenvalue weighted by atomic mass is 35.5. The monoisotopic (exact) mass is 389 g/mol. The Kier molecular flexibility index (Phi) is 6.04. The summed E-state index contributed by atoms with van der Waals surface area (Å²) < 4.78 is 10.6. The Hall–Kier alpha value is -2.64. The summed E-state index contributed by atoms with van der Waals surface area (Å²) in [6.45, 7) is 0.344. The molecular weight excluding hydrogens is 374 g/mol. The number of aromatic nitrogens is 2. The van der Waals surface area contributed by atoms with E-state index in [0.29, 0.717) is 28.9 Å². The van der Waals surface area contributed by atoms with Gasteiger partial charge in [0.15, 0.2) is 0 Å². The maximum atomic E-state index is 12.1. The first-order chi connectivity index (χ1) is 12.6. The van der Waals surface area contributed by atoms with Crippen LogP contribution >= 0.6 is 22.9 Å². The Morgan fingerprint density at radius 3 is 2.73 bits per heavy atom. The zero-order valence-electron chi connectivity index (χ0n) is 13.9. The smallest absolute Gasteiger partial charge is 0.230 e. The zero-order valence-corrected chi connectivity index (χ0v) is 15.5. The SMILES string of the molecule is COc1ccc(NC(=O)Cc2csc(COc3ccc(Cl)cc3)n2)cn1. The van der Waals surface area contributed by atoms with E-state index in [4.69, 9.17) is 21.1 Å². The van der Waals surface area contributed by atoms with E-state index in [1.165, 1.54) is 18.4 Å². The minimum atomic E-state index is -0.160. The fourth-order valence-corrected chi connectivity index (χ4v) is 2.95. The fourth-order valence-electron chi connectivity index (χ4n) is 2.12. The molecule has 8 heteroatoms. The first-order valence-corrected chi connectivity index (χ1v) is 8.99. The number of hydrogen-bond donors (Lipinski definition) is 1. The van der Waals surface area contributed by atoms with Crippen molar-refractivity contribution in [2.24, 2.45) is 0 Å². The molecule has 0 fully saturated rings. The number of hydrogen-bond acceptors (Lipinski definition) is 6. The molecule has 134 valence electrons. The summed E-state index contributed by atoms with van der Waals surface area (Å²) in [5, 5.41) is 6.09. The number of pyridine rings is 1. The number of halogens is 1. The highest BCUT2D eigenvalue weighted by Gasteiger charge is 2.09. The molecule has 26 heavy (non-hydrogen) atoms. The third-order valence-corrected chi connectivity index (χ3v) is 4.47. The predicted octanol–water partition coefficient (Wildman–Crippen LogP) is 3.96. The summed E-state index contributed by atoms with van der Waals surface area (Å²) >= 11 is 7.29. The summed E-state index contributed by atoms with van der Waals surface area (Å²) in [5.74, 6) is 1.05. The van der Waals surface area contributed by atoms with Gasteiger partial charge < -0.3 is 14.8 Å². The molecule has 0 unspecified atom stereocenters. The number of carbonyl (C=O) groups is 1. The Morgan fingerprint density at radius 1 is 1.23 bits per heavy atom. The Balaban J connectivity index is 1.50. The molecule has 0 saturated heterocycles. The molecule has 1 N–H and O–H groups in total. The first kappa shape index (κ1) is 18.2. The molecule has 3 aromatic rings. The number of rotatable bonds is 7. The molecule has 0 atom stereocenters. The van der Waals surface area contributed by atoms with Crippen LogP contribution in [0.5, 0.6) is 11.6 Å². The molecule has 0 radical (unpaired) electrons. The molecule has 3 rings (SSSR count). The van der Waals surface area contributed by atoms with Gasteiger partial charge in [0.2, 0.25) is 11.8 Å². The van der Waals surface area contributed by atoms with Crippen molar-refractivity contribution in [1.82, 2.24) is 9.97 Å². The van der Waals surface area contributed by atoms with Crippen LogP contribution in [0.4, 0.5) is 5.69 Å². The van der Waals surface area contributed by atoms with Crippen LogP contribution in [0.15, 0.2) is 48.0 Å². The Bertz CT molecular complexity index is 866. The van der Waals surface area contributed by atoms with Crippen LogP contribution in [-0.2, 0) is 17.8 Å². The summed E-state index contributed by atoms with van der Waals surface area (Å²) in [4.78, 5) is 20.6. The average molecular weight is 390 g/mol. The van der Waals surface area contributed by atoms with E-state index in [2.05, 4.69) is 15.3 Å². The lowest BCUT2D eigenvalue weighted by atomic mass is 10.3. The minimum absolute atomic E-state index is 0.160. The van der Waals surface area contributed by atoms with E-state index in [-0.39, 0.29) is 12.3 Å². The minimum Gasteiger partial charge on any atom is -0.486 e. The van der Waals surface area contributed by atoms with Gasteiger partial charge in [-0.2, -0.15) is 0 Å². The van der Waals surface area contributed by atoms with Crippen LogP contribution in [0.1, 0.15) is 10.7 Å². The summed E-state index contributed by atoms with van der Waals surface area (Å²) in [5.41, 5.74) is 1.31. The van der Waals surface area contributed by atoms with E-state index in [1.807, 2.05) is 5.38 Å². The summed E-state index contributed by atoms with van der Waals surface area (Å²) in [7, 11) is 1.54. The number of benzene rings is 1. The summed E-state index contributed by atoms with van der Waals surface area (Å²) in [6, 6.07) is 10.5. The number of nitrogens with zero attached hydrogens (tertiary/aromatic N) is 2.